The van der Waals surface area contributed by atoms with E-state index in [0.717, 1.165) is 19.6 Å². The van der Waals surface area contributed by atoms with Gasteiger partial charge in [-0.3, -0.25) is 0 Å². The monoisotopic (exact) mass is 201 g/mol. The maximum atomic E-state index is 8.99. The normalized spacial score (nSPS) is 13.7. The molecule has 86 valence electrons. The lowest BCUT2D eigenvalue weighted by Gasteiger charge is -2.34. The molecule has 0 aliphatic carbocycles. The molecule has 2 heteroatoms. The van der Waals surface area contributed by atoms with Gasteiger partial charge in [0, 0.05) is 19.6 Å². The van der Waals surface area contributed by atoms with Gasteiger partial charge in [-0.25, -0.2) is 0 Å². The van der Waals surface area contributed by atoms with Crippen LogP contribution in [0.2, 0.25) is 0 Å². The molecule has 0 unspecified atom stereocenters. The molecule has 0 radical (unpaired) electrons. The SMILES string of the molecule is CC(C)(C)CN(CCO)CC(C)(C)C. The van der Waals surface area contributed by atoms with Crippen molar-refractivity contribution in [2.24, 2.45) is 10.8 Å². The minimum Gasteiger partial charge on any atom is -0.395 e. The largest absolute Gasteiger partial charge is 0.395 e. The summed E-state index contributed by atoms with van der Waals surface area (Å²) in [5.74, 6) is 0. The molecule has 14 heavy (non-hydrogen) atoms. The lowest BCUT2D eigenvalue weighted by atomic mass is 9.92. The van der Waals surface area contributed by atoms with E-state index in [2.05, 4.69) is 46.4 Å². The van der Waals surface area contributed by atoms with Crippen LogP contribution in [0.5, 0.6) is 0 Å². The lowest BCUT2D eigenvalue weighted by Crippen LogP contribution is -2.40. The summed E-state index contributed by atoms with van der Waals surface area (Å²) < 4.78 is 0. The third-order valence-electron chi connectivity index (χ3n) is 1.81. The van der Waals surface area contributed by atoms with Gasteiger partial charge in [-0.15, -0.1) is 0 Å². The van der Waals surface area contributed by atoms with Crippen molar-refractivity contribution in [3.63, 3.8) is 0 Å². The van der Waals surface area contributed by atoms with E-state index in [9.17, 15) is 0 Å². The maximum absolute atomic E-state index is 8.99. The molecule has 1 N–H and O–H groups in total. The van der Waals surface area contributed by atoms with Crippen LogP contribution in [0.25, 0.3) is 0 Å². The van der Waals surface area contributed by atoms with E-state index >= 15 is 0 Å². The molecule has 0 spiro atoms. The Kier molecular flexibility index (Phi) is 5.10. The van der Waals surface area contributed by atoms with Gasteiger partial charge >= 0.3 is 0 Å². The van der Waals surface area contributed by atoms with Crippen LogP contribution in [0.1, 0.15) is 41.5 Å². The zero-order chi connectivity index (χ0) is 11.4. The van der Waals surface area contributed by atoms with Crippen molar-refractivity contribution in [3.8, 4) is 0 Å². The first-order chi connectivity index (χ1) is 6.14. The molecule has 0 bridgehead atoms. The summed E-state index contributed by atoms with van der Waals surface area (Å²) in [7, 11) is 0. The first-order valence-electron chi connectivity index (χ1n) is 5.47. The molecule has 0 amide bonds. The third kappa shape index (κ3) is 8.52. The summed E-state index contributed by atoms with van der Waals surface area (Å²) in [6.07, 6.45) is 0. The van der Waals surface area contributed by atoms with Crippen molar-refractivity contribution in [1.82, 2.24) is 4.90 Å². The molecule has 0 atom stereocenters. The number of hydrogen-bond acceptors (Lipinski definition) is 2. The van der Waals surface area contributed by atoms with Crippen molar-refractivity contribution >= 4 is 0 Å². The van der Waals surface area contributed by atoms with Crippen LogP contribution < -0.4 is 0 Å². The number of nitrogens with zero attached hydrogens (tertiary/aromatic N) is 1. The Balaban J connectivity index is 4.16. The molecule has 0 aliphatic rings. The average molecular weight is 201 g/mol. The average Bonchev–Trinajstić information content (AvgIpc) is 1.78. The van der Waals surface area contributed by atoms with Crippen LogP contribution in [0.15, 0.2) is 0 Å². The Morgan fingerprint density at radius 1 is 0.857 bits per heavy atom. The van der Waals surface area contributed by atoms with Crippen LogP contribution in [0.3, 0.4) is 0 Å². The fourth-order valence-corrected chi connectivity index (χ4v) is 1.70. The fraction of sp³-hybridized carbons (Fsp3) is 1.00. The molecule has 0 aromatic heterocycles. The van der Waals surface area contributed by atoms with E-state index in [0.29, 0.717) is 10.8 Å². The Bertz CT molecular complexity index is 137. The molecule has 0 fully saturated rings. The molecule has 0 aromatic rings. The minimum absolute atomic E-state index is 0.256. The smallest absolute Gasteiger partial charge is 0.0558 e. The second-order valence-electron chi connectivity index (χ2n) is 6.56. The molecular weight excluding hydrogens is 174 g/mol. The standard InChI is InChI=1S/C12H27NO/c1-11(2,3)9-13(7-8-14)10-12(4,5)6/h14H,7-10H2,1-6H3. The van der Waals surface area contributed by atoms with E-state index in [4.69, 9.17) is 5.11 Å². The molecule has 0 heterocycles. The van der Waals surface area contributed by atoms with E-state index in [1.165, 1.54) is 0 Å². The quantitative estimate of drug-likeness (QED) is 0.755. The number of aliphatic hydroxyl groups excluding tert-OH is 1. The van der Waals surface area contributed by atoms with E-state index in [1.54, 1.807) is 0 Å². The highest BCUT2D eigenvalue weighted by atomic mass is 16.3. The van der Waals surface area contributed by atoms with Crippen molar-refractivity contribution in [1.29, 1.82) is 0 Å². The fourth-order valence-electron chi connectivity index (χ4n) is 1.70. The zero-order valence-electron chi connectivity index (χ0n) is 10.7. The molecule has 0 saturated carbocycles. The third-order valence-corrected chi connectivity index (χ3v) is 1.81. The van der Waals surface area contributed by atoms with Gasteiger partial charge in [-0.2, -0.15) is 0 Å². The highest BCUT2D eigenvalue weighted by Crippen LogP contribution is 2.20. The van der Waals surface area contributed by atoms with Gasteiger partial charge in [-0.1, -0.05) is 41.5 Å². The van der Waals surface area contributed by atoms with Crippen LogP contribution in [-0.4, -0.2) is 36.2 Å². The van der Waals surface area contributed by atoms with Gasteiger partial charge in [0.15, 0.2) is 0 Å². The Labute approximate surface area is 89.3 Å². The number of rotatable bonds is 4. The van der Waals surface area contributed by atoms with Gasteiger partial charge < -0.3 is 10.0 Å². The molecule has 0 rings (SSSR count). The van der Waals surface area contributed by atoms with Crippen molar-refractivity contribution in [2.45, 2.75) is 41.5 Å². The van der Waals surface area contributed by atoms with Gasteiger partial charge in [-0.05, 0) is 10.8 Å². The van der Waals surface area contributed by atoms with Crippen LogP contribution in [-0.2, 0) is 0 Å². The Morgan fingerprint density at radius 3 is 1.43 bits per heavy atom. The predicted molar refractivity (Wildman–Crippen MR) is 62.4 cm³/mol. The molecule has 2 nitrogen and oxygen atoms in total. The molecular formula is C12H27NO. The summed E-state index contributed by atoms with van der Waals surface area (Å²) in [4.78, 5) is 2.35. The van der Waals surface area contributed by atoms with Crippen LogP contribution in [0.4, 0.5) is 0 Å². The highest BCUT2D eigenvalue weighted by Gasteiger charge is 2.20. The van der Waals surface area contributed by atoms with Gasteiger partial charge in [0.05, 0.1) is 6.61 Å². The minimum atomic E-state index is 0.256. The second kappa shape index (κ2) is 5.13. The number of aliphatic hydroxyl groups is 1. The highest BCUT2D eigenvalue weighted by molar-refractivity contribution is 4.74. The summed E-state index contributed by atoms with van der Waals surface area (Å²) in [5.41, 5.74) is 0.612. The summed E-state index contributed by atoms with van der Waals surface area (Å²) >= 11 is 0. The van der Waals surface area contributed by atoms with Crippen LogP contribution >= 0.6 is 0 Å². The van der Waals surface area contributed by atoms with E-state index in [1.807, 2.05) is 0 Å². The second-order valence-corrected chi connectivity index (χ2v) is 6.56. The van der Waals surface area contributed by atoms with Crippen LogP contribution in [0, 0.1) is 10.8 Å². The summed E-state index contributed by atoms with van der Waals surface area (Å²) in [6.45, 7) is 16.6. The lowest BCUT2D eigenvalue weighted by molar-refractivity contribution is 0.115. The van der Waals surface area contributed by atoms with Crippen molar-refractivity contribution in [3.05, 3.63) is 0 Å². The van der Waals surface area contributed by atoms with E-state index in [-0.39, 0.29) is 6.61 Å². The van der Waals surface area contributed by atoms with Gasteiger partial charge in [0.25, 0.3) is 0 Å². The van der Waals surface area contributed by atoms with Crippen molar-refractivity contribution < 1.29 is 5.11 Å². The zero-order valence-corrected chi connectivity index (χ0v) is 10.7. The Hall–Kier alpha value is -0.0800. The first-order valence-corrected chi connectivity index (χ1v) is 5.47. The van der Waals surface area contributed by atoms with E-state index < -0.39 is 0 Å². The topological polar surface area (TPSA) is 23.5 Å². The van der Waals surface area contributed by atoms with Crippen molar-refractivity contribution in [2.75, 3.05) is 26.2 Å². The maximum Gasteiger partial charge on any atom is 0.0558 e. The molecule has 0 aliphatic heterocycles. The Morgan fingerprint density at radius 2 is 1.21 bits per heavy atom. The summed E-state index contributed by atoms with van der Waals surface area (Å²) in [6, 6.07) is 0. The molecule has 0 saturated heterocycles. The van der Waals surface area contributed by atoms with Gasteiger partial charge in [0.2, 0.25) is 0 Å². The first kappa shape index (κ1) is 13.9. The van der Waals surface area contributed by atoms with Gasteiger partial charge in [0.1, 0.15) is 0 Å². The number of hydrogen-bond donors (Lipinski definition) is 1. The predicted octanol–water partition coefficient (Wildman–Crippen LogP) is 2.37. The molecule has 0 aromatic carbocycles. The summed E-state index contributed by atoms with van der Waals surface area (Å²) in [5, 5.41) is 8.99.